The minimum absolute atomic E-state index is 0.0197. The summed E-state index contributed by atoms with van der Waals surface area (Å²) in [6.45, 7) is 13.3. The zero-order chi connectivity index (χ0) is 11.4. The predicted octanol–water partition coefficient (Wildman–Crippen LogP) is 1.59. The highest BCUT2D eigenvalue weighted by atomic mass is 32.1. The van der Waals surface area contributed by atoms with Gasteiger partial charge < -0.3 is 10.6 Å². The molecule has 0 amide bonds. The van der Waals surface area contributed by atoms with Crippen molar-refractivity contribution in [2.45, 2.75) is 52.6 Å². The van der Waals surface area contributed by atoms with Crippen molar-refractivity contribution in [3.05, 3.63) is 0 Å². The van der Waals surface area contributed by atoms with Gasteiger partial charge in [0.1, 0.15) is 0 Å². The van der Waals surface area contributed by atoms with E-state index in [9.17, 15) is 0 Å². The second kappa shape index (κ2) is 4.94. The van der Waals surface area contributed by atoms with Crippen molar-refractivity contribution in [2.24, 2.45) is 0 Å². The summed E-state index contributed by atoms with van der Waals surface area (Å²) in [4.78, 5) is 0. The average Bonchev–Trinajstić information content (AvgIpc) is 1.78. The van der Waals surface area contributed by atoms with Gasteiger partial charge in [-0.25, -0.2) is 0 Å². The van der Waals surface area contributed by atoms with Gasteiger partial charge in [-0.2, -0.15) is 0 Å². The van der Waals surface area contributed by atoms with Crippen LogP contribution in [0.5, 0.6) is 0 Å². The van der Waals surface area contributed by atoms with Crippen molar-refractivity contribution in [1.29, 1.82) is 0 Å². The standard InChI is InChI=1S/C10H23N3S/c1-9(2,3)12-7-11-8(14)13-10(4,5)6/h12H,7H2,1-6H3,(H2,11,13,14). The highest BCUT2D eigenvalue weighted by molar-refractivity contribution is 7.80. The Morgan fingerprint density at radius 1 is 1.00 bits per heavy atom. The Morgan fingerprint density at radius 3 is 1.86 bits per heavy atom. The number of rotatable bonds is 2. The third-order valence-corrected chi connectivity index (χ3v) is 1.60. The molecular formula is C10H23N3S. The first-order valence-corrected chi connectivity index (χ1v) is 5.32. The van der Waals surface area contributed by atoms with E-state index in [4.69, 9.17) is 12.2 Å². The minimum atomic E-state index is 0.0197. The first-order chi connectivity index (χ1) is 6.10. The molecule has 0 aromatic rings. The summed E-state index contributed by atoms with van der Waals surface area (Å²) < 4.78 is 0. The summed E-state index contributed by atoms with van der Waals surface area (Å²) in [5.41, 5.74) is 0.135. The molecule has 0 aromatic heterocycles. The molecule has 0 fully saturated rings. The lowest BCUT2D eigenvalue weighted by Crippen LogP contribution is -2.51. The fraction of sp³-hybridized carbons (Fsp3) is 0.900. The molecule has 0 aromatic carbocycles. The van der Waals surface area contributed by atoms with E-state index in [0.29, 0.717) is 11.8 Å². The van der Waals surface area contributed by atoms with E-state index >= 15 is 0 Å². The van der Waals surface area contributed by atoms with E-state index in [0.717, 1.165) is 0 Å². The summed E-state index contributed by atoms with van der Waals surface area (Å²) in [5.74, 6) is 0. The summed E-state index contributed by atoms with van der Waals surface area (Å²) in [6, 6.07) is 0. The lowest BCUT2D eigenvalue weighted by Gasteiger charge is -2.25. The molecule has 0 unspecified atom stereocenters. The van der Waals surface area contributed by atoms with E-state index in [2.05, 4.69) is 57.5 Å². The Hall–Kier alpha value is -0.350. The number of nitrogens with one attached hydrogen (secondary N) is 3. The molecule has 84 valence electrons. The van der Waals surface area contributed by atoms with Gasteiger partial charge in [0.15, 0.2) is 5.11 Å². The molecule has 0 saturated heterocycles. The molecule has 3 N–H and O–H groups in total. The Bertz CT molecular complexity index is 189. The van der Waals surface area contributed by atoms with Crippen LogP contribution >= 0.6 is 12.2 Å². The molecular weight excluding hydrogens is 194 g/mol. The first-order valence-electron chi connectivity index (χ1n) is 4.91. The van der Waals surface area contributed by atoms with E-state index < -0.39 is 0 Å². The maximum atomic E-state index is 5.13. The Morgan fingerprint density at radius 2 is 1.50 bits per heavy atom. The largest absolute Gasteiger partial charge is 0.358 e. The SMILES string of the molecule is CC(C)(C)NCNC(=S)NC(C)(C)C. The van der Waals surface area contributed by atoms with Gasteiger partial charge in [0, 0.05) is 11.1 Å². The van der Waals surface area contributed by atoms with Crippen LogP contribution in [0, 0.1) is 0 Å². The molecule has 0 aliphatic carbocycles. The lowest BCUT2D eigenvalue weighted by atomic mass is 10.1. The zero-order valence-electron chi connectivity index (χ0n) is 10.1. The molecule has 0 bridgehead atoms. The number of hydrogen-bond donors (Lipinski definition) is 3. The molecule has 0 atom stereocenters. The fourth-order valence-electron chi connectivity index (χ4n) is 0.774. The number of hydrogen-bond acceptors (Lipinski definition) is 2. The van der Waals surface area contributed by atoms with Crippen LogP contribution in [0.3, 0.4) is 0 Å². The molecule has 0 radical (unpaired) electrons. The third-order valence-electron chi connectivity index (χ3n) is 1.36. The molecule has 0 heterocycles. The summed E-state index contributed by atoms with van der Waals surface area (Å²) >= 11 is 5.13. The smallest absolute Gasteiger partial charge is 0.167 e. The van der Waals surface area contributed by atoms with Crippen LogP contribution in [0.4, 0.5) is 0 Å². The van der Waals surface area contributed by atoms with Gasteiger partial charge in [-0.3, -0.25) is 5.32 Å². The van der Waals surface area contributed by atoms with Gasteiger partial charge in [-0.05, 0) is 53.8 Å². The van der Waals surface area contributed by atoms with Crippen LogP contribution in [0.1, 0.15) is 41.5 Å². The molecule has 0 aliphatic rings. The van der Waals surface area contributed by atoms with Crippen LogP contribution < -0.4 is 16.0 Å². The Kier molecular flexibility index (Phi) is 4.81. The maximum absolute atomic E-state index is 5.13. The second-order valence-electron chi connectivity index (χ2n) is 5.48. The minimum Gasteiger partial charge on any atom is -0.358 e. The van der Waals surface area contributed by atoms with Crippen LogP contribution in [-0.4, -0.2) is 22.9 Å². The van der Waals surface area contributed by atoms with Crippen LogP contribution in [-0.2, 0) is 0 Å². The molecule has 3 nitrogen and oxygen atoms in total. The zero-order valence-corrected chi connectivity index (χ0v) is 10.9. The summed E-state index contributed by atoms with van der Waals surface area (Å²) in [7, 11) is 0. The quantitative estimate of drug-likeness (QED) is 0.485. The van der Waals surface area contributed by atoms with Gasteiger partial charge in [-0.15, -0.1) is 0 Å². The monoisotopic (exact) mass is 217 g/mol. The normalized spacial score (nSPS) is 12.4. The van der Waals surface area contributed by atoms with Crippen molar-refractivity contribution in [3.8, 4) is 0 Å². The van der Waals surface area contributed by atoms with Gasteiger partial charge in [0.25, 0.3) is 0 Å². The summed E-state index contributed by atoms with van der Waals surface area (Å²) in [6.07, 6.45) is 0. The van der Waals surface area contributed by atoms with Crippen molar-refractivity contribution >= 4 is 17.3 Å². The predicted molar refractivity (Wildman–Crippen MR) is 66.4 cm³/mol. The Balaban J connectivity index is 3.66. The van der Waals surface area contributed by atoms with E-state index in [1.54, 1.807) is 0 Å². The molecule has 0 saturated carbocycles. The molecule has 0 aliphatic heterocycles. The van der Waals surface area contributed by atoms with Gasteiger partial charge in [0.2, 0.25) is 0 Å². The molecule has 0 spiro atoms. The van der Waals surface area contributed by atoms with Crippen molar-refractivity contribution in [2.75, 3.05) is 6.67 Å². The Labute approximate surface area is 93.0 Å². The van der Waals surface area contributed by atoms with Crippen molar-refractivity contribution in [1.82, 2.24) is 16.0 Å². The third kappa shape index (κ3) is 9.74. The highest BCUT2D eigenvalue weighted by Crippen LogP contribution is 1.98. The van der Waals surface area contributed by atoms with Gasteiger partial charge >= 0.3 is 0 Å². The highest BCUT2D eigenvalue weighted by Gasteiger charge is 2.11. The van der Waals surface area contributed by atoms with Crippen LogP contribution in [0.25, 0.3) is 0 Å². The molecule has 0 rings (SSSR count). The van der Waals surface area contributed by atoms with E-state index in [-0.39, 0.29) is 11.1 Å². The van der Waals surface area contributed by atoms with E-state index in [1.807, 2.05) is 0 Å². The van der Waals surface area contributed by atoms with E-state index in [1.165, 1.54) is 0 Å². The topological polar surface area (TPSA) is 36.1 Å². The first kappa shape index (κ1) is 13.7. The van der Waals surface area contributed by atoms with Gasteiger partial charge in [-0.1, -0.05) is 0 Å². The number of thiocarbonyl (C=S) groups is 1. The van der Waals surface area contributed by atoms with Crippen LogP contribution in [0.15, 0.2) is 0 Å². The second-order valence-corrected chi connectivity index (χ2v) is 5.89. The maximum Gasteiger partial charge on any atom is 0.167 e. The fourth-order valence-corrected chi connectivity index (χ4v) is 1.15. The molecule has 4 heteroatoms. The lowest BCUT2D eigenvalue weighted by molar-refractivity contribution is 0.419. The van der Waals surface area contributed by atoms with Gasteiger partial charge in [0.05, 0.1) is 6.67 Å². The summed E-state index contributed by atoms with van der Waals surface area (Å²) in [5, 5.41) is 10.3. The average molecular weight is 217 g/mol. The van der Waals surface area contributed by atoms with Crippen molar-refractivity contribution in [3.63, 3.8) is 0 Å². The molecule has 14 heavy (non-hydrogen) atoms. The van der Waals surface area contributed by atoms with Crippen LogP contribution in [0.2, 0.25) is 0 Å². The van der Waals surface area contributed by atoms with Crippen molar-refractivity contribution < 1.29 is 0 Å².